The average Bonchev–Trinajstić information content (AvgIpc) is 2.94. The van der Waals surface area contributed by atoms with Crippen LogP contribution < -0.4 is 11.5 Å². The van der Waals surface area contributed by atoms with Crippen LogP contribution >= 0.6 is 0 Å². The number of anilines is 2. The van der Waals surface area contributed by atoms with Gasteiger partial charge in [-0.3, -0.25) is 4.90 Å². The molecule has 6 heteroatoms. The Morgan fingerprint density at radius 3 is 2.67 bits per heavy atom. The molecule has 1 aromatic carbocycles. The number of rotatable bonds is 4. The van der Waals surface area contributed by atoms with E-state index in [9.17, 15) is 0 Å². The smallest absolute Gasteiger partial charge is 0.148 e. The van der Waals surface area contributed by atoms with Crippen LogP contribution in [0, 0.1) is 0 Å². The lowest BCUT2D eigenvalue weighted by Gasteiger charge is -2.26. The van der Waals surface area contributed by atoms with Gasteiger partial charge in [-0.1, -0.05) is 18.2 Å². The molecule has 0 radical (unpaired) electrons. The fourth-order valence-corrected chi connectivity index (χ4v) is 3.59. The molecular weight excluding hydrogens is 302 g/mol. The Balaban J connectivity index is 1.68. The van der Waals surface area contributed by atoms with E-state index in [1.54, 1.807) is 0 Å². The summed E-state index contributed by atoms with van der Waals surface area (Å²) in [5.74, 6) is 0.403. The van der Waals surface area contributed by atoms with Crippen LogP contribution in [-0.2, 0) is 11.3 Å². The van der Waals surface area contributed by atoms with Crippen molar-refractivity contribution in [2.24, 2.45) is 0 Å². The lowest BCUT2D eigenvalue weighted by Crippen LogP contribution is -2.37. The number of ether oxygens (including phenoxy) is 1. The second-order valence-electron chi connectivity index (χ2n) is 6.30. The van der Waals surface area contributed by atoms with Gasteiger partial charge in [0.2, 0.25) is 0 Å². The SMILES string of the molecule is Nc1ncc2c3ccccc3n(CCCN3CCOCC3)c2c1N. The highest BCUT2D eigenvalue weighted by atomic mass is 16.5. The minimum Gasteiger partial charge on any atom is -0.394 e. The van der Waals surface area contributed by atoms with Crippen molar-refractivity contribution < 1.29 is 4.74 Å². The van der Waals surface area contributed by atoms with Crippen molar-refractivity contribution in [2.45, 2.75) is 13.0 Å². The third-order valence-corrected chi connectivity index (χ3v) is 4.83. The summed E-state index contributed by atoms with van der Waals surface area (Å²) in [6.07, 6.45) is 2.90. The molecule has 6 nitrogen and oxygen atoms in total. The molecule has 24 heavy (non-hydrogen) atoms. The van der Waals surface area contributed by atoms with Gasteiger partial charge >= 0.3 is 0 Å². The van der Waals surface area contributed by atoms with Gasteiger partial charge in [0, 0.05) is 48.7 Å². The Hall–Kier alpha value is -2.31. The summed E-state index contributed by atoms with van der Waals surface area (Å²) < 4.78 is 7.70. The summed E-state index contributed by atoms with van der Waals surface area (Å²) in [5, 5.41) is 2.25. The van der Waals surface area contributed by atoms with Crippen LogP contribution in [0.4, 0.5) is 11.5 Å². The number of nitrogens with two attached hydrogens (primary N) is 2. The largest absolute Gasteiger partial charge is 0.394 e. The van der Waals surface area contributed by atoms with Crippen molar-refractivity contribution in [3.8, 4) is 0 Å². The first-order valence-corrected chi connectivity index (χ1v) is 8.46. The normalized spacial score (nSPS) is 16.2. The molecule has 0 unspecified atom stereocenters. The van der Waals surface area contributed by atoms with Crippen LogP contribution in [-0.4, -0.2) is 47.3 Å². The minimum atomic E-state index is 0.403. The number of nitrogens with zero attached hydrogens (tertiary/aromatic N) is 3. The van der Waals surface area contributed by atoms with Crippen LogP contribution in [0.3, 0.4) is 0 Å². The van der Waals surface area contributed by atoms with Gasteiger partial charge < -0.3 is 20.8 Å². The van der Waals surface area contributed by atoms with Gasteiger partial charge in [0.15, 0.2) is 0 Å². The van der Waals surface area contributed by atoms with Gasteiger partial charge in [0.25, 0.3) is 0 Å². The second kappa shape index (κ2) is 6.30. The molecule has 3 heterocycles. The van der Waals surface area contributed by atoms with Gasteiger partial charge in [-0.25, -0.2) is 4.98 Å². The van der Waals surface area contributed by atoms with Crippen LogP contribution in [0.25, 0.3) is 21.8 Å². The number of nitrogen functional groups attached to an aromatic ring is 2. The van der Waals surface area contributed by atoms with E-state index in [1.807, 2.05) is 12.3 Å². The van der Waals surface area contributed by atoms with Crippen molar-refractivity contribution in [2.75, 3.05) is 44.3 Å². The molecule has 0 spiro atoms. The molecule has 126 valence electrons. The summed E-state index contributed by atoms with van der Waals surface area (Å²) in [4.78, 5) is 6.70. The Bertz CT molecular complexity index is 867. The maximum Gasteiger partial charge on any atom is 0.148 e. The lowest BCUT2D eigenvalue weighted by atomic mass is 10.2. The second-order valence-corrected chi connectivity index (χ2v) is 6.30. The van der Waals surface area contributed by atoms with E-state index >= 15 is 0 Å². The van der Waals surface area contributed by atoms with E-state index in [1.165, 1.54) is 10.9 Å². The van der Waals surface area contributed by atoms with Gasteiger partial charge in [0.05, 0.1) is 24.4 Å². The van der Waals surface area contributed by atoms with Crippen LogP contribution in [0.1, 0.15) is 6.42 Å². The van der Waals surface area contributed by atoms with Gasteiger partial charge in [-0.15, -0.1) is 0 Å². The number of aryl methyl sites for hydroxylation is 1. The maximum atomic E-state index is 6.26. The molecule has 4 rings (SSSR count). The fraction of sp³-hybridized carbons (Fsp3) is 0.389. The summed E-state index contributed by atoms with van der Waals surface area (Å²) in [6, 6.07) is 8.37. The highest BCUT2D eigenvalue weighted by molar-refractivity contribution is 6.12. The van der Waals surface area contributed by atoms with Crippen molar-refractivity contribution in [3.05, 3.63) is 30.5 Å². The molecular formula is C18H23N5O. The first kappa shape index (κ1) is 15.2. The van der Waals surface area contributed by atoms with E-state index in [0.717, 1.165) is 56.7 Å². The van der Waals surface area contributed by atoms with Crippen LogP contribution in [0.15, 0.2) is 30.5 Å². The highest BCUT2D eigenvalue weighted by Crippen LogP contribution is 2.34. The van der Waals surface area contributed by atoms with Gasteiger partial charge in [-0.2, -0.15) is 0 Å². The van der Waals surface area contributed by atoms with Gasteiger partial charge in [-0.05, 0) is 12.5 Å². The number of benzene rings is 1. The number of pyridine rings is 1. The number of aromatic nitrogens is 2. The zero-order valence-electron chi connectivity index (χ0n) is 13.7. The Morgan fingerprint density at radius 1 is 1.04 bits per heavy atom. The number of hydrogen-bond acceptors (Lipinski definition) is 5. The van der Waals surface area contributed by atoms with E-state index < -0.39 is 0 Å². The highest BCUT2D eigenvalue weighted by Gasteiger charge is 2.16. The van der Waals surface area contributed by atoms with E-state index in [-0.39, 0.29) is 0 Å². The molecule has 0 saturated carbocycles. The molecule has 2 aromatic heterocycles. The molecule has 0 aliphatic carbocycles. The van der Waals surface area contributed by atoms with Crippen molar-refractivity contribution in [1.29, 1.82) is 0 Å². The summed E-state index contributed by atoms with van der Waals surface area (Å²) in [5.41, 5.74) is 15.0. The molecule has 1 saturated heterocycles. The first-order valence-electron chi connectivity index (χ1n) is 8.46. The number of morpholine rings is 1. The van der Waals surface area contributed by atoms with E-state index in [2.05, 4.69) is 32.7 Å². The van der Waals surface area contributed by atoms with Crippen molar-refractivity contribution >= 4 is 33.3 Å². The van der Waals surface area contributed by atoms with Crippen LogP contribution in [0.5, 0.6) is 0 Å². The lowest BCUT2D eigenvalue weighted by molar-refractivity contribution is 0.0370. The molecule has 1 aliphatic rings. The Labute approximate surface area is 141 Å². The monoisotopic (exact) mass is 325 g/mol. The van der Waals surface area contributed by atoms with Gasteiger partial charge in [0.1, 0.15) is 5.82 Å². The molecule has 0 atom stereocenters. The van der Waals surface area contributed by atoms with E-state index in [4.69, 9.17) is 16.2 Å². The number of fused-ring (bicyclic) bond motifs is 3. The summed E-state index contributed by atoms with van der Waals surface area (Å²) in [6.45, 7) is 5.69. The molecule has 0 bridgehead atoms. The average molecular weight is 325 g/mol. The van der Waals surface area contributed by atoms with Crippen molar-refractivity contribution in [1.82, 2.24) is 14.5 Å². The summed E-state index contributed by atoms with van der Waals surface area (Å²) in [7, 11) is 0. The predicted octanol–water partition coefficient (Wildman–Crippen LogP) is 2.08. The molecule has 3 aromatic rings. The minimum absolute atomic E-state index is 0.403. The molecule has 1 aliphatic heterocycles. The Morgan fingerprint density at radius 2 is 1.83 bits per heavy atom. The topological polar surface area (TPSA) is 82.3 Å². The third kappa shape index (κ3) is 2.57. The molecule has 4 N–H and O–H groups in total. The first-order chi connectivity index (χ1) is 11.8. The third-order valence-electron chi connectivity index (χ3n) is 4.83. The van der Waals surface area contributed by atoms with Crippen LogP contribution in [0.2, 0.25) is 0 Å². The quantitative estimate of drug-likeness (QED) is 0.767. The number of hydrogen-bond donors (Lipinski definition) is 2. The zero-order valence-corrected chi connectivity index (χ0v) is 13.7. The maximum absolute atomic E-state index is 6.26. The number of para-hydroxylation sites is 1. The molecule has 0 amide bonds. The van der Waals surface area contributed by atoms with Crippen molar-refractivity contribution in [3.63, 3.8) is 0 Å². The van der Waals surface area contributed by atoms with E-state index in [0.29, 0.717) is 11.5 Å². The Kier molecular flexibility index (Phi) is 4.00. The molecule has 1 fully saturated rings. The zero-order chi connectivity index (χ0) is 16.5. The standard InChI is InChI=1S/C18H23N5O/c19-16-17-14(12-21-18(16)20)13-4-1-2-5-15(13)23(17)7-3-6-22-8-10-24-11-9-22/h1-2,4-5,12H,3,6-11,19H2,(H2,20,21). The summed E-state index contributed by atoms with van der Waals surface area (Å²) >= 11 is 0. The predicted molar refractivity (Wildman–Crippen MR) is 97.9 cm³/mol. The fourth-order valence-electron chi connectivity index (χ4n) is 3.59.